The first-order valence-corrected chi connectivity index (χ1v) is 9.31. The maximum absolute atomic E-state index is 12.8. The van der Waals surface area contributed by atoms with Gasteiger partial charge in [0.2, 0.25) is 5.43 Å². The molecule has 27 heavy (non-hydrogen) atoms. The zero-order chi connectivity index (χ0) is 19.0. The van der Waals surface area contributed by atoms with Crippen LogP contribution in [0.3, 0.4) is 0 Å². The van der Waals surface area contributed by atoms with Crippen molar-refractivity contribution in [2.75, 3.05) is 12.4 Å². The molecular weight excluding hydrogens is 340 g/mol. The van der Waals surface area contributed by atoms with E-state index in [1.807, 2.05) is 17.6 Å². The molecule has 1 aliphatic carbocycles. The van der Waals surface area contributed by atoms with Crippen LogP contribution in [0, 0.1) is 0 Å². The number of nitrogens with zero attached hydrogens (tertiary/aromatic N) is 2. The third-order valence-corrected chi connectivity index (χ3v) is 5.20. The molecule has 0 saturated heterocycles. The second-order valence-corrected chi connectivity index (χ2v) is 6.92. The number of primary amides is 1. The van der Waals surface area contributed by atoms with Gasteiger partial charge < -0.3 is 9.88 Å². The van der Waals surface area contributed by atoms with Gasteiger partial charge in [-0.15, -0.1) is 0 Å². The number of anilines is 1. The summed E-state index contributed by atoms with van der Waals surface area (Å²) in [7, 11) is 1.65. The lowest BCUT2D eigenvalue weighted by Gasteiger charge is -2.15. The van der Waals surface area contributed by atoms with Gasteiger partial charge >= 0.3 is 5.91 Å². The van der Waals surface area contributed by atoms with Crippen molar-refractivity contribution in [3.8, 4) is 0 Å². The summed E-state index contributed by atoms with van der Waals surface area (Å²) in [6.45, 7) is 2.61. The van der Waals surface area contributed by atoms with Gasteiger partial charge in [-0.1, -0.05) is 24.3 Å². The first-order valence-electron chi connectivity index (χ1n) is 9.31. The van der Waals surface area contributed by atoms with Crippen molar-refractivity contribution in [3.63, 3.8) is 0 Å². The Morgan fingerprint density at radius 2 is 2.00 bits per heavy atom. The van der Waals surface area contributed by atoms with Crippen LogP contribution in [-0.2, 0) is 19.4 Å². The summed E-state index contributed by atoms with van der Waals surface area (Å²) in [5, 5.41) is 5.41. The van der Waals surface area contributed by atoms with Crippen LogP contribution in [0.2, 0.25) is 0 Å². The van der Waals surface area contributed by atoms with Crippen LogP contribution in [0.4, 0.5) is 5.69 Å². The number of pyridine rings is 2. The molecule has 3 aromatic rings. The smallest absolute Gasteiger partial charge is 0.347 e. The number of amides is 1. The number of nitrogens with two attached hydrogens (primary N) is 1. The number of aryl methyl sites for hydroxylation is 1. The molecule has 138 valence electrons. The highest BCUT2D eigenvalue weighted by Gasteiger charge is 2.22. The zero-order valence-corrected chi connectivity index (χ0v) is 15.5. The van der Waals surface area contributed by atoms with Gasteiger partial charge in [0.05, 0.1) is 24.3 Å². The number of rotatable bonds is 4. The van der Waals surface area contributed by atoms with Crippen LogP contribution < -0.4 is 16.1 Å². The number of aromatic nitrogens is 2. The van der Waals surface area contributed by atoms with Crippen LogP contribution in [0.15, 0.2) is 47.5 Å². The SMILES string of the molecule is CCn1cc(C(=O)[NH2+]C)c(=O)c2cc(NC3Cc4ccccc4C3)cnc21. The molecule has 0 radical (unpaired) electrons. The lowest BCUT2D eigenvalue weighted by atomic mass is 10.1. The first-order chi connectivity index (χ1) is 13.1. The minimum atomic E-state index is -0.261. The van der Waals surface area contributed by atoms with E-state index in [-0.39, 0.29) is 22.9 Å². The van der Waals surface area contributed by atoms with Crippen molar-refractivity contribution in [2.24, 2.45) is 0 Å². The average Bonchev–Trinajstić information content (AvgIpc) is 3.10. The Morgan fingerprint density at radius 1 is 1.30 bits per heavy atom. The van der Waals surface area contributed by atoms with Gasteiger partial charge in [0.25, 0.3) is 0 Å². The third kappa shape index (κ3) is 3.13. The predicted molar refractivity (Wildman–Crippen MR) is 105 cm³/mol. The molecule has 1 aromatic carbocycles. The normalized spacial score (nSPS) is 13.7. The Hall–Kier alpha value is -2.99. The highest BCUT2D eigenvalue weighted by molar-refractivity contribution is 5.91. The Labute approximate surface area is 157 Å². The van der Waals surface area contributed by atoms with E-state index in [9.17, 15) is 9.59 Å². The van der Waals surface area contributed by atoms with Crippen LogP contribution in [-0.4, -0.2) is 28.5 Å². The minimum Gasteiger partial charge on any atom is -0.380 e. The topological polar surface area (TPSA) is 80.6 Å². The van der Waals surface area contributed by atoms with E-state index >= 15 is 0 Å². The Morgan fingerprint density at radius 3 is 2.63 bits per heavy atom. The fourth-order valence-corrected chi connectivity index (χ4v) is 3.82. The van der Waals surface area contributed by atoms with Crippen molar-refractivity contribution in [3.05, 3.63) is 69.6 Å². The molecule has 0 atom stereocenters. The van der Waals surface area contributed by atoms with Crippen LogP contribution in [0.1, 0.15) is 28.4 Å². The van der Waals surface area contributed by atoms with Gasteiger partial charge in [-0.3, -0.25) is 10.1 Å². The van der Waals surface area contributed by atoms with E-state index in [2.05, 4.69) is 34.6 Å². The van der Waals surface area contributed by atoms with Gasteiger partial charge in [-0.05, 0) is 37.0 Å². The number of hydrogen-bond acceptors (Lipinski definition) is 4. The number of carbonyl (C=O) groups is 1. The van der Waals surface area contributed by atoms with Crippen LogP contribution >= 0.6 is 0 Å². The molecule has 0 saturated carbocycles. The lowest BCUT2D eigenvalue weighted by molar-refractivity contribution is -0.523. The number of fused-ring (bicyclic) bond motifs is 2. The highest BCUT2D eigenvalue weighted by Crippen LogP contribution is 2.25. The van der Waals surface area contributed by atoms with Crippen molar-refractivity contribution in [1.29, 1.82) is 0 Å². The van der Waals surface area contributed by atoms with Crippen molar-refractivity contribution in [1.82, 2.24) is 9.55 Å². The lowest BCUT2D eigenvalue weighted by Crippen LogP contribution is -2.84. The van der Waals surface area contributed by atoms with E-state index in [1.54, 1.807) is 19.4 Å². The van der Waals surface area contributed by atoms with Gasteiger partial charge in [0.15, 0.2) is 0 Å². The number of quaternary nitrogens is 1. The molecule has 2 aromatic heterocycles. The number of benzene rings is 1. The molecule has 0 unspecified atom stereocenters. The summed E-state index contributed by atoms with van der Waals surface area (Å²) < 4.78 is 1.85. The number of carbonyl (C=O) groups excluding carboxylic acids is 1. The molecule has 6 heteroatoms. The third-order valence-electron chi connectivity index (χ3n) is 5.20. The quantitative estimate of drug-likeness (QED) is 0.733. The summed E-state index contributed by atoms with van der Waals surface area (Å²) in [6, 6.07) is 10.6. The maximum atomic E-state index is 12.8. The molecule has 1 aliphatic rings. The zero-order valence-electron chi connectivity index (χ0n) is 15.5. The second kappa shape index (κ2) is 6.96. The van der Waals surface area contributed by atoms with Gasteiger partial charge in [-0.25, -0.2) is 9.78 Å². The molecule has 2 heterocycles. The standard InChI is InChI=1S/C21H22N4O2/c1-3-25-12-18(21(27)22-2)19(26)17-10-16(11-23-20(17)25)24-15-8-13-6-4-5-7-14(13)9-15/h4-7,10-12,15,24H,3,8-9H2,1-2H3,(H,22,27)/p+1. The van der Waals surface area contributed by atoms with E-state index in [0.717, 1.165) is 18.5 Å². The number of hydrogen-bond donors (Lipinski definition) is 2. The van der Waals surface area contributed by atoms with Crippen molar-refractivity contribution >= 4 is 22.6 Å². The second-order valence-electron chi connectivity index (χ2n) is 6.92. The first kappa shape index (κ1) is 17.4. The average molecular weight is 363 g/mol. The minimum absolute atomic E-state index is 0.194. The molecule has 4 rings (SSSR count). The Bertz CT molecular complexity index is 1060. The molecule has 0 aliphatic heterocycles. The molecule has 6 nitrogen and oxygen atoms in total. The fraction of sp³-hybridized carbons (Fsp3) is 0.286. The monoisotopic (exact) mass is 363 g/mol. The van der Waals surface area contributed by atoms with Crippen molar-refractivity contribution in [2.45, 2.75) is 32.4 Å². The van der Waals surface area contributed by atoms with E-state index in [4.69, 9.17) is 0 Å². The molecule has 1 amide bonds. The van der Waals surface area contributed by atoms with Gasteiger partial charge in [0.1, 0.15) is 11.2 Å². The molecule has 3 N–H and O–H groups in total. The fourth-order valence-electron chi connectivity index (χ4n) is 3.82. The van der Waals surface area contributed by atoms with E-state index in [0.29, 0.717) is 17.6 Å². The highest BCUT2D eigenvalue weighted by atomic mass is 16.2. The summed E-state index contributed by atoms with van der Waals surface area (Å²) >= 11 is 0. The molecule has 0 bridgehead atoms. The largest absolute Gasteiger partial charge is 0.380 e. The van der Waals surface area contributed by atoms with Crippen LogP contribution in [0.5, 0.6) is 0 Å². The summed E-state index contributed by atoms with van der Waals surface area (Å²) in [5.74, 6) is -0.256. The van der Waals surface area contributed by atoms with Gasteiger partial charge in [-0.2, -0.15) is 0 Å². The van der Waals surface area contributed by atoms with Gasteiger partial charge in [0, 0.05) is 18.8 Å². The summed E-state index contributed by atoms with van der Waals surface area (Å²) in [5.41, 5.74) is 4.08. The van der Waals surface area contributed by atoms with Crippen LogP contribution in [0.25, 0.3) is 11.0 Å². The van der Waals surface area contributed by atoms with E-state index < -0.39 is 0 Å². The summed E-state index contributed by atoms with van der Waals surface area (Å²) in [4.78, 5) is 29.5. The predicted octanol–water partition coefficient (Wildman–Crippen LogP) is 1.33. The maximum Gasteiger partial charge on any atom is 0.347 e. The molecule has 0 spiro atoms. The Kier molecular flexibility index (Phi) is 4.49. The number of nitrogens with one attached hydrogen (secondary N) is 1. The van der Waals surface area contributed by atoms with Crippen molar-refractivity contribution < 1.29 is 10.1 Å². The molecule has 0 fully saturated rings. The molecular formula is C21H23N4O2+. The summed E-state index contributed by atoms with van der Waals surface area (Å²) in [6.07, 6.45) is 5.29. The Balaban J connectivity index is 1.70. The van der Waals surface area contributed by atoms with E-state index in [1.165, 1.54) is 16.4 Å².